The molecule has 134 valence electrons. The summed E-state index contributed by atoms with van der Waals surface area (Å²) in [7, 11) is 0. The smallest absolute Gasteiger partial charge is 1.00 e. The molecule has 0 amide bonds. The van der Waals surface area contributed by atoms with Gasteiger partial charge in [-0.05, 0) is 0 Å². The Hall–Kier alpha value is -0.817. The first-order valence-electron chi connectivity index (χ1n) is 8.83. The summed E-state index contributed by atoms with van der Waals surface area (Å²) in [6.07, 6.45) is 5.02. The van der Waals surface area contributed by atoms with Crippen molar-refractivity contribution < 1.29 is 32.6 Å². The van der Waals surface area contributed by atoms with Gasteiger partial charge in [-0.25, -0.2) is 0 Å². The number of hydrogen-bond acceptors (Lipinski definition) is 0. The van der Waals surface area contributed by atoms with Gasteiger partial charge in [0.05, 0.1) is 0 Å². The van der Waals surface area contributed by atoms with Gasteiger partial charge in [-0.15, -0.1) is 0 Å². The van der Waals surface area contributed by atoms with Gasteiger partial charge < -0.3 is 9.41 Å². The molecule has 0 saturated carbocycles. The molecule has 0 saturated heterocycles. The fourth-order valence-electron chi connectivity index (χ4n) is 4.09. The van der Waals surface area contributed by atoms with E-state index in [0.29, 0.717) is 0 Å². The maximum absolute atomic E-state index is 2.50. The van der Waals surface area contributed by atoms with E-state index in [4.69, 9.17) is 0 Å². The summed E-state index contributed by atoms with van der Waals surface area (Å²) in [6.45, 7) is 14.2. The van der Waals surface area contributed by atoms with E-state index in [-0.39, 0.29) is 14.8 Å². The Morgan fingerprint density at radius 1 is 1.00 bits per heavy atom. The average Bonchev–Trinajstić information content (AvgIpc) is 2.93. The molecule has 3 heteroatoms. The van der Waals surface area contributed by atoms with Crippen molar-refractivity contribution in [3.63, 3.8) is 0 Å². The van der Waals surface area contributed by atoms with Gasteiger partial charge in [0.2, 0.25) is 0 Å². The van der Waals surface area contributed by atoms with Crippen molar-refractivity contribution in [2.45, 2.75) is 58.0 Å². The van der Waals surface area contributed by atoms with E-state index in [2.05, 4.69) is 71.9 Å². The van der Waals surface area contributed by atoms with Gasteiger partial charge >= 0.3 is 154 Å². The van der Waals surface area contributed by atoms with E-state index in [1.807, 2.05) is 3.28 Å². The molecule has 1 unspecified atom stereocenters. The zero-order chi connectivity index (χ0) is 16.8. The monoisotopic (exact) mass is 420 g/mol. The fourth-order valence-corrected chi connectivity index (χ4v) is 9.18. The van der Waals surface area contributed by atoms with Crippen LogP contribution in [-0.2, 0) is 23.2 Å². The van der Waals surface area contributed by atoms with Crippen LogP contribution in [-0.4, -0.2) is 0 Å². The topological polar surface area (TPSA) is 0 Å². The van der Waals surface area contributed by atoms with E-state index in [1.54, 1.807) is 27.9 Å². The summed E-state index contributed by atoms with van der Waals surface area (Å²) < 4.78 is 2.57. The zero-order valence-electron chi connectivity index (χ0n) is 16.1. The molecule has 0 fully saturated rings. The van der Waals surface area contributed by atoms with Crippen molar-refractivity contribution in [3.05, 3.63) is 61.0 Å². The molecular weight excluding hydrogens is 393 g/mol. The van der Waals surface area contributed by atoms with Crippen LogP contribution < -0.4 is 9.41 Å². The molecule has 0 aliphatic heterocycles. The van der Waals surface area contributed by atoms with Crippen LogP contribution in [0.15, 0.2) is 49.8 Å². The summed E-state index contributed by atoms with van der Waals surface area (Å²) in [5, 5.41) is 0. The van der Waals surface area contributed by atoms with Crippen LogP contribution in [0.2, 0.25) is 0 Å². The van der Waals surface area contributed by atoms with E-state index < -0.39 is 23.2 Å². The minimum absolute atomic E-state index is 0. The summed E-state index contributed by atoms with van der Waals surface area (Å²) in [4.78, 5) is 0. The SMILES string of the molecule is CCCC1=Cc2ccccc2[CH]1[Zr+2][C]1=C(C)C(C)=C(C)C1(C)C.[F-].[F-]. The number of hydrogen-bond donors (Lipinski definition) is 0. The third-order valence-electron chi connectivity index (χ3n) is 5.91. The Balaban J connectivity index is 0.00000156. The van der Waals surface area contributed by atoms with Gasteiger partial charge in [-0.2, -0.15) is 0 Å². The van der Waals surface area contributed by atoms with E-state index in [0.717, 1.165) is 3.63 Å². The fraction of sp³-hybridized carbons (Fsp3) is 0.455. The molecule has 2 aliphatic rings. The summed E-state index contributed by atoms with van der Waals surface area (Å²) in [5.74, 6) is 0. The quantitative estimate of drug-likeness (QED) is 0.670. The molecule has 2 aliphatic carbocycles. The molecule has 0 nitrogen and oxygen atoms in total. The summed E-state index contributed by atoms with van der Waals surface area (Å²) in [5.41, 5.74) is 9.85. The van der Waals surface area contributed by atoms with Crippen LogP contribution in [0.3, 0.4) is 0 Å². The molecule has 1 atom stereocenters. The zero-order valence-corrected chi connectivity index (χ0v) is 18.6. The number of benzene rings is 1. The minimum atomic E-state index is -0.702. The second-order valence-corrected chi connectivity index (χ2v) is 10.9. The molecule has 1 aromatic carbocycles. The van der Waals surface area contributed by atoms with Gasteiger partial charge in [0.25, 0.3) is 0 Å². The predicted molar refractivity (Wildman–Crippen MR) is 96.9 cm³/mol. The maximum Gasteiger partial charge on any atom is -1.00 e. The van der Waals surface area contributed by atoms with Crippen LogP contribution in [0.4, 0.5) is 0 Å². The second kappa shape index (κ2) is 8.25. The first-order valence-corrected chi connectivity index (χ1v) is 11.5. The maximum atomic E-state index is 2.50. The van der Waals surface area contributed by atoms with Gasteiger partial charge in [0.1, 0.15) is 0 Å². The molecule has 0 bridgehead atoms. The van der Waals surface area contributed by atoms with Crippen molar-refractivity contribution in [3.8, 4) is 0 Å². The van der Waals surface area contributed by atoms with Crippen LogP contribution in [0.25, 0.3) is 6.08 Å². The van der Waals surface area contributed by atoms with Crippen molar-refractivity contribution >= 4 is 6.08 Å². The molecule has 0 radical (unpaired) electrons. The van der Waals surface area contributed by atoms with Gasteiger partial charge in [0.15, 0.2) is 0 Å². The van der Waals surface area contributed by atoms with E-state index in [1.165, 1.54) is 18.4 Å². The van der Waals surface area contributed by atoms with Gasteiger partial charge in [-0.3, -0.25) is 0 Å². The Morgan fingerprint density at radius 3 is 2.20 bits per heavy atom. The molecule has 0 N–H and O–H groups in total. The predicted octanol–water partition coefficient (Wildman–Crippen LogP) is 0.666. The number of allylic oxidation sites excluding steroid dienone is 5. The molecular formula is C22H28F2Zr. The average molecular weight is 422 g/mol. The summed E-state index contributed by atoms with van der Waals surface area (Å²) in [6, 6.07) is 9.10. The largest absolute Gasteiger partial charge is 1.00 e. The Kier molecular flexibility index (Phi) is 7.34. The Labute approximate surface area is 162 Å². The molecule has 3 rings (SSSR count). The van der Waals surface area contributed by atoms with Crippen LogP contribution in [0, 0.1) is 5.41 Å². The van der Waals surface area contributed by atoms with Crippen LogP contribution >= 0.6 is 0 Å². The van der Waals surface area contributed by atoms with E-state index >= 15 is 0 Å². The molecule has 1 aromatic rings. The normalized spacial score (nSPS) is 20.6. The standard InChI is InChI=1S/C12H13.C10H15.2FH.Zr/c1-2-5-10-8-11-6-3-4-7-12(11)9-10;1-7-6-10(4,5)9(3)8(7)2;;;/h3-4,6-9H,2,5H2,1H3;1-5H3;2*1H;/q;;;;+2/p-2. The first kappa shape index (κ1) is 22.2. The second-order valence-electron chi connectivity index (χ2n) is 7.55. The Bertz CT molecular complexity index is 738. The van der Waals surface area contributed by atoms with Gasteiger partial charge in [0, 0.05) is 0 Å². The Morgan fingerprint density at radius 2 is 1.64 bits per heavy atom. The number of fused-ring (bicyclic) bond motifs is 1. The van der Waals surface area contributed by atoms with Crippen molar-refractivity contribution in [2.75, 3.05) is 0 Å². The van der Waals surface area contributed by atoms with E-state index in [9.17, 15) is 0 Å². The minimum Gasteiger partial charge on any atom is -1.00 e. The number of halogens is 2. The summed E-state index contributed by atoms with van der Waals surface area (Å²) >= 11 is -0.702. The van der Waals surface area contributed by atoms with Crippen molar-refractivity contribution in [2.24, 2.45) is 5.41 Å². The molecule has 0 spiro atoms. The van der Waals surface area contributed by atoms with Crippen molar-refractivity contribution in [1.29, 1.82) is 0 Å². The molecule has 0 heterocycles. The van der Waals surface area contributed by atoms with Crippen LogP contribution in [0.5, 0.6) is 0 Å². The molecule has 25 heavy (non-hydrogen) atoms. The first-order chi connectivity index (χ1) is 10.9. The number of rotatable bonds is 4. The third kappa shape index (κ3) is 3.68. The van der Waals surface area contributed by atoms with Crippen molar-refractivity contribution in [1.82, 2.24) is 0 Å². The molecule has 0 aromatic heterocycles. The van der Waals surface area contributed by atoms with Crippen LogP contribution in [0.1, 0.15) is 69.1 Å². The van der Waals surface area contributed by atoms with Gasteiger partial charge in [-0.1, -0.05) is 0 Å². The third-order valence-corrected chi connectivity index (χ3v) is 11.5.